The first-order chi connectivity index (χ1) is 22.9. The Hall–Kier alpha value is -4.58. The highest BCUT2D eigenvalue weighted by Gasteiger charge is 2.53. The Morgan fingerprint density at radius 1 is 0.872 bits per heavy atom. The summed E-state index contributed by atoms with van der Waals surface area (Å²) >= 11 is 3.51. The molecule has 10 nitrogen and oxygen atoms in total. The predicted octanol–water partition coefficient (Wildman–Crippen LogP) is 5.56. The molecule has 1 heterocycles. The van der Waals surface area contributed by atoms with Crippen LogP contribution in [-0.4, -0.2) is 57.0 Å². The maximum absolute atomic E-state index is 14.5. The highest BCUT2D eigenvalue weighted by Crippen LogP contribution is 2.43. The summed E-state index contributed by atoms with van der Waals surface area (Å²) in [6.45, 7) is 0.753. The van der Waals surface area contributed by atoms with E-state index in [9.17, 15) is 4.79 Å². The summed E-state index contributed by atoms with van der Waals surface area (Å²) in [6.07, 6.45) is -0.0167. The molecule has 47 heavy (non-hydrogen) atoms. The Labute approximate surface area is 282 Å². The van der Waals surface area contributed by atoms with Gasteiger partial charge >= 0.3 is 0 Å². The molecule has 1 aliphatic heterocycles. The number of amides is 1. The van der Waals surface area contributed by atoms with Gasteiger partial charge in [-0.2, -0.15) is 0 Å². The Kier molecular flexibility index (Phi) is 11.4. The van der Waals surface area contributed by atoms with Crippen molar-refractivity contribution in [2.24, 2.45) is 4.99 Å². The van der Waals surface area contributed by atoms with Gasteiger partial charge in [0.25, 0.3) is 5.91 Å². The van der Waals surface area contributed by atoms with Crippen LogP contribution in [0.25, 0.3) is 0 Å². The van der Waals surface area contributed by atoms with E-state index in [2.05, 4.69) is 26.8 Å². The van der Waals surface area contributed by atoms with Crippen LogP contribution in [0.5, 0.6) is 23.0 Å². The van der Waals surface area contributed by atoms with Crippen LogP contribution in [-0.2, 0) is 22.5 Å². The van der Waals surface area contributed by atoms with Gasteiger partial charge in [0.2, 0.25) is 5.90 Å². The number of aliphatic hydroxyl groups excluding tert-OH is 1. The molecule has 2 atom stereocenters. The van der Waals surface area contributed by atoms with Crippen molar-refractivity contribution >= 4 is 27.7 Å². The summed E-state index contributed by atoms with van der Waals surface area (Å²) in [5.41, 5.74) is 7.76. The van der Waals surface area contributed by atoms with E-state index in [0.29, 0.717) is 54.0 Å². The maximum atomic E-state index is 14.5. The van der Waals surface area contributed by atoms with E-state index in [1.54, 1.807) is 27.4 Å². The van der Waals surface area contributed by atoms with Gasteiger partial charge in [-0.05, 0) is 77.4 Å². The first kappa shape index (κ1) is 33.8. The lowest BCUT2D eigenvalue weighted by Crippen LogP contribution is -2.53. The van der Waals surface area contributed by atoms with E-state index in [1.807, 2.05) is 84.9 Å². The molecule has 5 rings (SSSR count). The van der Waals surface area contributed by atoms with Gasteiger partial charge in [-0.3, -0.25) is 10.2 Å². The average molecular weight is 705 g/mol. The SMILES string of the molecule is COc1cc(CNNC(=O)[C@@]2(Cc3ccc(Br)cc3)N=C(c3ccc(OCCCO)cc3)O[C@H]2c2cccc(OC)c2)cc(OC)c1. The monoisotopic (exact) mass is 703 g/mol. The molecule has 1 aliphatic rings. The van der Waals surface area contributed by atoms with Crippen LogP contribution >= 0.6 is 15.9 Å². The number of halogens is 1. The van der Waals surface area contributed by atoms with Crippen molar-refractivity contribution in [3.63, 3.8) is 0 Å². The van der Waals surface area contributed by atoms with Gasteiger partial charge in [0, 0.05) is 42.1 Å². The summed E-state index contributed by atoms with van der Waals surface area (Å²) in [5, 5.41) is 9.08. The number of rotatable bonds is 15. The second-order valence-electron chi connectivity index (χ2n) is 10.9. The fourth-order valence-corrected chi connectivity index (χ4v) is 5.57. The van der Waals surface area contributed by atoms with E-state index >= 15 is 0 Å². The van der Waals surface area contributed by atoms with Crippen molar-refractivity contribution < 1.29 is 33.6 Å². The fourth-order valence-electron chi connectivity index (χ4n) is 5.30. The second kappa shape index (κ2) is 15.8. The maximum Gasteiger partial charge on any atom is 0.266 e. The molecular formula is C36H38BrN3O7. The minimum atomic E-state index is -1.41. The van der Waals surface area contributed by atoms with Crippen molar-refractivity contribution in [3.8, 4) is 23.0 Å². The fraction of sp³-hybridized carbons (Fsp3) is 0.278. The molecule has 0 aromatic heterocycles. The zero-order chi connectivity index (χ0) is 33.2. The molecule has 4 aromatic rings. The molecule has 11 heteroatoms. The molecule has 0 aliphatic carbocycles. The lowest BCUT2D eigenvalue weighted by atomic mass is 9.82. The molecule has 4 aromatic carbocycles. The van der Waals surface area contributed by atoms with Gasteiger partial charge in [-0.25, -0.2) is 10.4 Å². The Balaban J connectivity index is 1.52. The topological polar surface area (TPSA) is 120 Å². The minimum absolute atomic E-state index is 0.0551. The average Bonchev–Trinajstić information content (AvgIpc) is 3.50. The Bertz CT molecular complexity index is 1660. The first-order valence-electron chi connectivity index (χ1n) is 15.1. The second-order valence-corrected chi connectivity index (χ2v) is 11.8. The van der Waals surface area contributed by atoms with E-state index in [4.69, 9.17) is 33.8 Å². The Morgan fingerprint density at radius 2 is 1.57 bits per heavy atom. The number of benzene rings is 4. The number of hydrogen-bond acceptors (Lipinski definition) is 9. The normalized spacial score (nSPS) is 17.0. The first-order valence-corrected chi connectivity index (χ1v) is 15.9. The minimum Gasteiger partial charge on any atom is -0.497 e. The van der Waals surface area contributed by atoms with Crippen molar-refractivity contribution in [2.75, 3.05) is 34.5 Å². The van der Waals surface area contributed by atoms with Crippen molar-refractivity contribution in [2.45, 2.75) is 31.0 Å². The molecule has 246 valence electrons. The van der Waals surface area contributed by atoms with Gasteiger partial charge in [0.1, 0.15) is 23.0 Å². The summed E-state index contributed by atoms with van der Waals surface area (Å²) in [4.78, 5) is 19.6. The number of hydrogen-bond donors (Lipinski definition) is 3. The van der Waals surface area contributed by atoms with Gasteiger partial charge in [0.15, 0.2) is 11.6 Å². The Morgan fingerprint density at radius 3 is 2.23 bits per heavy atom. The molecule has 3 N–H and O–H groups in total. The quantitative estimate of drug-likeness (QED) is 0.109. The molecular weight excluding hydrogens is 666 g/mol. The van der Waals surface area contributed by atoms with Crippen LogP contribution in [0.4, 0.5) is 0 Å². The van der Waals surface area contributed by atoms with E-state index < -0.39 is 11.6 Å². The molecule has 1 amide bonds. The summed E-state index contributed by atoms with van der Waals surface area (Å²) in [6, 6.07) is 28.1. The lowest BCUT2D eigenvalue weighted by Gasteiger charge is -2.31. The zero-order valence-electron chi connectivity index (χ0n) is 26.5. The van der Waals surface area contributed by atoms with Crippen molar-refractivity contribution in [1.82, 2.24) is 10.9 Å². The molecule has 0 saturated carbocycles. The third-order valence-electron chi connectivity index (χ3n) is 7.72. The summed E-state index contributed by atoms with van der Waals surface area (Å²) in [7, 11) is 4.78. The number of hydrazine groups is 1. The van der Waals surface area contributed by atoms with E-state index in [-0.39, 0.29) is 18.9 Å². The van der Waals surface area contributed by atoms with Gasteiger partial charge in [0.05, 0.1) is 27.9 Å². The van der Waals surface area contributed by atoms with Gasteiger partial charge in [-0.15, -0.1) is 0 Å². The molecule has 0 radical (unpaired) electrons. The van der Waals surface area contributed by atoms with Crippen molar-refractivity contribution in [1.29, 1.82) is 0 Å². The van der Waals surface area contributed by atoms with Crippen LogP contribution < -0.4 is 29.8 Å². The number of aliphatic imine (C=N–C) groups is 1. The largest absolute Gasteiger partial charge is 0.497 e. The number of ether oxygens (including phenoxy) is 5. The number of carbonyl (C=O) groups is 1. The van der Waals surface area contributed by atoms with Gasteiger partial charge < -0.3 is 28.8 Å². The third-order valence-corrected chi connectivity index (χ3v) is 8.25. The smallest absolute Gasteiger partial charge is 0.266 e. The molecule has 0 saturated heterocycles. The zero-order valence-corrected chi connectivity index (χ0v) is 28.1. The molecule has 0 spiro atoms. The van der Waals surface area contributed by atoms with Gasteiger partial charge in [-0.1, -0.05) is 40.2 Å². The molecule has 0 unspecified atom stereocenters. The number of nitrogens with one attached hydrogen (secondary N) is 2. The number of carbonyl (C=O) groups excluding carboxylic acids is 1. The van der Waals surface area contributed by atoms with Crippen LogP contribution in [0.2, 0.25) is 0 Å². The van der Waals surface area contributed by atoms with E-state index in [0.717, 1.165) is 21.2 Å². The van der Waals surface area contributed by atoms with Crippen molar-refractivity contribution in [3.05, 3.63) is 118 Å². The lowest BCUT2D eigenvalue weighted by molar-refractivity contribution is -0.130. The van der Waals surface area contributed by atoms with E-state index in [1.165, 1.54) is 0 Å². The number of aliphatic hydroxyl groups is 1. The highest BCUT2D eigenvalue weighted by atomic mass is 79.9. The third kappa shape index (κ3) is 8.23. The van der Waals surface area contributed by atoms with Crippen LogP contribution in [0, 0.1) is 0 Å². The summed E-state index contributed by atoms with van der Waals surface area (Å²) in [5.74, 6) is 2.52. The van der Waals surface area contributed by atoms with Crippen LogP contribution in [0.3, 0.4) is 0 Å². The predicted molar refractivity (Wildman–Crippen MR) is 182 cm³/mol. The van der Waals surface area contributed by atoms with Crippen LogP contribution in [0.15, 0.2) is 100 Å². The molecule has 0 fully saturated rings. The van der Waals surface area contributed by atoms with Crippen LogP contribution in [0.1, 0.15) is 34.8 Å². The summed E-state index contributed by atoms with van der Waals surface area (Å²) < 4.78 is 29.6. The number of methoxy groups -OCH3 is 3. The molecule has 0 bridgehead atoms. The highest BCUT2D eigenvalue weighted by molar-refractivity contribution is 9.10. The number of nitrogens with zero attached hydrogens (tertiary/aromatic N) is 1. The standard InChI is InChI=1S/C36H38BrN3O7/c1-43-30-7-4-6-27(20-30)33-36(22-24-8-12-28(37)13-9-24,35(42)40-38-23-25-18-31(44-2)21-32(19-25)45-3)39-34(47-33)26-10-14-29(15-11-26)46-17-5-16-41/h4,6-15,18-21,33,38,41H,5,16-17,22-23H2,1-3H3,(H,40,42)/t33-,36-/m0/s1.